The average molecular weight is 415 g/mol. The zero-order valence-electron chi connectivity index (χ0n) is 17.7. The van der Waals surface area contributed by atoms with Gasteiger partial charge in [0.05, 0.1) is 31.3 Å². The molecule has 1 rings (SSSR count). The smallest absolute Gasteiger partial charge is 0.350 e. The molecule has 0 bridgehead atoms. The van der Waals surface area contributed by atoms with Crippen molar-refractivity contribution in [2.24, 2.45) is 0 Å². The molecule has 0 atom stereocenters. The third kappa shape index (κ3) is 7.54. The number of anilines is 1. The van der Waals surface area contributed by atoms with E-state index in [2.05, 4.69) is 26.1 Å². The van der Waals surface area contributed by atoms with E-state index in [0.717, 1.165) is 5.56 Å². The quantitative estimate of drug-likeness (QED) is 0.309. The number of hydrogen-bond acceptors (Lipinski definition) is 4. The molecule has 0 aromatic carbocycles. The molecule has 0 fully saturated rings. The molecule has 27 heavy (non-hydrogen) atoms. The summed E-state index contributed by atoms with van der Waals surface area (Å²) in [6.45, 7) is 8.61. The molecule has 4 nitrogen and oxygen atoms in total. The summed E-state index contributed by atoms with van der Waals surface area (Å²) < 4.78 is 4.86. The van der Waals surface area contributed by atoms with Crippen LogP contribution in [-0.2, 0) is 9.53 Å². The van der Waals surface area contributed by atoms with Crippen LogP contribution in [0, 0.1) is 6.92 Å². The van der Waals surface area contributed by atoms with E-state index in [1.807, 2.05) is 12.3 Å². The third-order valence-corrected chi connectivity index (χ3v) is 10.9. The summed E-state index contributed by atoms with van der Waals surface area (Å²) in [5.41, 5.74) is 1.56. The van der Waals surface area contributed by atoms with Crippen molar-refractivity contribution in [2.75, 3.05) is 37.1 Å². The number of esters is 1. The Kier molecular flexibility index (Phi) is 11.2. The largest absolute Gasteiger partial charge is 0.465 e. The summed E-state index contributed by atoms with van der Waals surface area (Å²) in [5, 5.41) is 4.96. The van der Waals surface area contributed by atoms with Crippen LogP contribution in [0.1, 0.15) is 74.5 Å². The molecule has 0 saturated heterocycles. The summed E-state index contributed by atoms with van der Waals surface area (Å²) >= 11 is 1.33. The van der Waals surface area contributed by atoms with Crippen LogP contribution in [0.2, 0.25) is 0 Å². The molecular formula is C21H37NO3PS+. The summed E-state index contributed by atoms with van der Waals surface area (Å²) in [7, 11) is 0.0689. The van der Waals surface area contributed by atoms with Crippen molar-refractivity contribution in [2.45, 2.75) is 66.2 Å². The highest BCUT2D eigenvalue weighted by Crippen LogP contribution is 2.60. The van der Waals surface area contributed by atoms with Crippen molar-refractivity contribution >= 4 is 36.2 Å². The Labute approximate surface area is 169 Å². The minimum atomic E-state index is -1.31. The van der Waals surface area contributed by atoms with E-state index in [-0.39, 0.29) is 11.9 Å². The number of carbonyl (C=O) groups excluding carboxylic acids is 2. The summed E-state index contributed by atoms with van der Waals surface area (Å²) in [4.78, 5) is 25.5. The molecule has 0 spiro atoms. The second-order valence-corrected chi connectivity index (χ2v) is 12.6. The van der Waals surface area contributed by atoms with Crippen molar-refractivity contribution in [3.8, 4) is 0 Å². The van der Waals surface area contributed by atoms with Gasteiger partial charge in [-0.3, -0.25) is 4.79 Å². The molecule has 1 aromatic rings. The monoisotopic (exact) mass is 414 g/mol. The highest BCUT2D eigenvalue weighted by Gasteiger charge is 2.38. The van der Waals surface area contributed by atoms with Crippen molar-refractivity contribution in [3.63, 3.8) is 0 Å². The van der Waals surface area contributed by atoms with E-state index in [1.165, 1.54) is 75.5 Å². The molecule has 6 heteroatoms. The maximum Gasteiger partial charge on any atom is 0.350 e. The first-order valence-electron chi connectivity index (χ1n) is 10.2. The number of thiophene rings is 1. The van der Waals surface area contributed by atoms with Crippen LogP contribution in [0.3, 0.4) is 0 Å². The van der Waals surface area contributed by atoms with Gasteiger partial charge in [-0.15, -0.1) is 11.3 Å². The number of aryl methyl sites for hydroxylation is 1. The molecule has 1 heterocycles. The molecular weight excluding hydrogens is 377 g/mol. The molecule has 0 aliphatic carbocycles. The Morgan fingerprint density at radius 2 is 1.56 bits per heavy atom. The predicted octanol–water partition coefficient (Wildman–Crippen LogP) is 6.20. The van der Waals surface area contributed by atoms with Crippen molar-refractivity contribution in [1.82, 2.24) is 0 Å². The lowest BCUT2D eigenvalue weighted by atomic mass is 10.2. The van der Waals surface area contributed by atoms with Gasteiger partial charge in [-0.1, -0.05) is 40.0 Å². The van der Waals surface area contributed by atoms with Gasteiger partial charge in [0.25, 0.3) is 5.91 Å². The molecule has 1 N–H and O–H groups in total. The number of hydrogen-bond donors (Lipinski definition) is 1. The van der Waals surface area contributed by atoms with Crippen molar-refractivity contribution < 1.29 is 14.3 Å². The summed E-state index contributed by atoms with van der Waals surface area (Å²) in [5.74, 6) is -0.314. The highest BCUT2D eigenvalue weighted by molar-refractivity contribution is 7.76. The van der Waals surface area contributed by atoms with Gasteiger partial charge in [-0.2, -0.15) is 0 Å². The number of nitrogens with one attached hydrogen (secondary N) is 1. The lowest BCUT2D eigenvalue weighted by Gasteiger charge is -2.27. The average Bonchev–Trinajstić information content (AvgIpc) is 3.02. The molecule has 0 aliphatic heterocycles. The maximum absolute atomic E-state index is 13.0. The lowest BCUT2D eigenvalue weighted by molar-refractivity contribution is -0.113. The molecule has 0 saturated carbocycles. The standard InChI is InChI=1S/C21H36NO3PS/c1-6-9-12-26(13-10-7-2,14-11-8-3)15-18(23)22-19-17(4)16-27-20(19)21(24)25-5/h16H,6-15H2,1-5H3/p+1. The van der Waals surface area contributed by atoms with Crippen LogP contribution in [0.5, 0.6) is 0 Å². The predicted molar refractivity (Wildman–Crippen MR) is 120 cm³/mol. The number of unbranched alkanes of at least 4 members (excludes halogenated alkanes) is 3. The molecule has 0 aliphatic rings. The zero-order chi connectivity index (χ0) is 20.3. The maximum atomic E-state index is 13.0. The topological polar surface area (TPSA) is 55.4 Å². The Bertz CT molecular complexity index is 578. The van der Waals surface area contributed by atoms with Crippen LogP contribution in [-0.4, -0.2) is 43.6 Å². The van der Waals surface area contributed by atoms with E-state index >= 15 is 0 Å². The van der Waals surface area contributed by atoms with E-state index in [0.29, 0.717) is 16.7 Å². The molecule has 0 unspecified atom stereocenters. The highest BCUT2D eigenvalue weighted by atomic mass is 32.1. The first-order valence-corrected chi connectivity index (χ1v) is 13.6. The Morgan fingerprint density at radius 1 is 1.04 bits per heavy atom. The fourth-order valence-corrected chi connectivity index (χ4v) is 9.10. The minimum Gasteiger partial charge on any atom is -0.465 e. The van der Waals surface area contributed by atoms with Gasteiger partial charge in [0.15, 0.2) is 0 Å². The zero-order valence-corrected chi connectivity index (χ0v) is 19.4. The normalized spacial score (nSPS) is 11.4. The van der Waals surface area contributed by atoms with Gasteiger partial charge >= 0.3 is 5.97 Å². The fourth-order valence-electron chi connectivity index (χ4n) is 3.38. The lowest BCUT2D eigenvalue weighted by Crippen LogP contribution is -2.24. The SMILES string of the molecule is CCCC[P+](CCCC)(CCCC)CC(=O)Nc1c(C)csc1C(=O)OC. The molecule has 1 aromatic heterocycles. The number of amides is 1. The van der Waals surface area contributed by atoms with Crippen LogP contribution < -0.4 is 5.32 Å². The Balaban J connectivity index is 2.97. The number of rotatable bonds is 13. The van der Waals surface area contributed by atoms with E-state index < -0.39 is 7.26 Å². The third-order valence-electron chi connectivity index (χ3n) is 5.05. The van der Waals surface area contributed by atoms with Crippen LogP contribution >= 0.6 is 18.6 Å². The Morgan fingerprint density at radius 3 is 2.00 bits per heavy atom. The second kappa shape index (κ2) is 12.5. The van der Waals surface area contributed by atoms with Gasteiger partial charge in [0, 0.05) is 7.26 Å². The van der Waals surface area contributed by atoms with Crippen molar-refractivity contribution in [3.05, 3.63) is 15.8 Å². The molecule has 1 amide bonds. The molecule has 154 valence electrons. The minimum absolute atomic E-state index is 0.0679. The fraction of sp³-hybridized carbons (Fsp3) is 0.714. The second-order valence-electron chi connectivity index (χ2n) is 7.39. The van der Waals surface area contributed by atoms with Crippen molar-refractivity contribution in [1.29, 1.82) is 0 Å². The van der Waals surface area contributed by atoms with Gasteiger partial charge in [0.2, 0.25) is 0 Å². The summed E-state index contributed by atoms with van der Waals surface area (Å²) in [6.07, 6.45) is 11.4. The van der Waals surface area contributed by atoms with Gasteiger partial charge in [0.1, 0.15) is 11.0 Å². The van der Waals surface area contributed by atoms with Gasteiger partial charge < -0.3 is 10.1 Å². The van der Waals surface area contributed by atoms with Gasteiger partial charge in [-0.05, 0) is 37.1 Å². The first kappa shape index (κ1) is 24.1. The van der Waals surface area contributed by atoms with E-state index in [4.69, 9.17) is 4.74 Å². The van der Waals surface area contributed by atoms with Crippen LogP contribution in [0.4, 0.5) is 5.69 Å². The number of methoxy groups -OCH3 is 1. The molecule has 0 radical (unpaired) electrons. The van der Waals surface area contributed by atoms with Gasteiger partial charge in [-0.25, -0.2) is 4.79 Å². The summed E-state index contributed by atoms with van der Waals surface area (Å²) in [6, 6.07) is 0. The number of ether oxygens (including phenoxy) is 1. The first-order chi connectivity index (χ1) is 12.9. The van der Waals surface area contributed by atoms with E-state index in [9.17, 15) is 9.59 Å². The van der Waals surface area contributed by atoms with Crippen LogP contribution in [0.15, 0.2) is 5.38 Å². The number of carbonyl (C=O) groups is 2. The van der Waals surface area contributed by atoms with Crippen LogP contribution in [0.25, 0.3) is 0 Å². The Hall–Kier alpha value is -0.930. The van der Waals surface area contributed by atoms with E-state index in [1.54, 1.807) is 0 Å².